The Bertz CT molecular complexity index is 1040. The van der Waals surface area contributed by atoms with Crippen LogP contribution in [0.3, 0.4) is 0 Å². The second kappa shape index (κ2) is 10.9. The van der Waals surface area contributed by atoms with Gasteiger partial charge in [-0.25, -0.2) is 0 Å². The molecule has 0 atom stereocenters. The molecule has 0 saturated carbocycles. The predicted octanol–water partition coefficient (Wildman–Crippen LogP) is 3.09. The number of benzene rings is 3. The fourth-order valence-corrected chi connectivity index (χ4v) is 3.32. The van der Waals surface area contributed by atoms with Gasteiger partial charge in [0.25, 0.3) is 5.91 Å². The van der Waals surface area contributed by atoms with Gasteiger partial charge in [-0.05, 0) is 28.8 Å². The van der Waals surface area contributed by atoms with Gasteiger partial charge < -0.3 is 15.0 Å². The molecule has 0 radical (unpaired) electrons. The first-order valence-electron chi connectivity index (χ1n) is 10.3. The fraction of sp³-hybridized carbons (Fsp3) is 0.240. The van der Waals surface area contributed by atoms with Crippen molar-refractivity contribution in [2.45, 2.75) is 19.9 Å². The van der Waals surface area contributed by atoms with Gasteiger partial charge >= 0.3 is 5.97 Å². The molecule has 6 heteroatoms. The molecule has 6 nitrogen and oxygen atoms in total. The van der Waals surface area contributed by atoms with Crippen LogP contribution in [-0.4, -0.2) is 42.4 Å². The summed E-state index contributed by atoms with van der Waals surface area (Å²) in [5.41, 5.74) is 1.89. The Kier molecular flexibility index (Phi) is 7.76. The zero-order chi connectivity index (χ0) is 22.1. The number of fused-ring (bicyclic) bond motifs is 1. The van der Waals surface area contributed by atoms with E-state index in [9.17, 15) is 14.4 Å². The van der Waals surface area contributed by atoms with Crippen LogP contribution in [0.5, 0.6) is 0 Å². The lowest BCUT2D eigenvalue weighted by atomic mass is 10.0. The van der Waals surface area contributed by atoms with Gasteiger partial charge in [0.1, 0.15) is 6.54 Å². The Labute approximate surface area is 181 Å². The summed E-state index contributed by atoms with van der Waals surface area (Å²) in [4.78, 5) is 38.2. The van der Waals surface area contributed by atoms with Crippen LogP contribution >= 0.6 is 0 Å². The maximum absolute atomic E-state index is 12.3. The molecule has 0 heterocycles. The van der Waals surface area contributed by atoms with Crippen molar-refractivity contribution < 1.29 is 19.1 Å². The largest absolute Gasteiger partial charge is 0.454 e. The normalized spacial score (nSPS) is 10.5. The summed E-state index contributed by atoms with van der Waals surface area (Å²) in [5, 5.41) is 4.63. The summed E-state index contributed by atoms with van der Waals surface area (Å²) in [5.74, 6) is -1.20. The number of amides is 2. The zero-order valence-electron chi connectivity index (χ0n) is 17.5. The molecule has 1 N–H and O–H groups in total. The minimum atomic E-state index is -0.643. The monoisotopic (exact) mass is 418 g/mol. The quantitative estimate of drug-likeness (QED) is 0.542. The van der Waals surface area contributed by atoms with E-state index in [1.807, 2.05) is 79.7 Å². The van der Waals surface area contributed by atoms with Crippen molar-refractivity contribution in [1.82, 2.24) is 10.2 Å². The summed E-state index contributed by atoms with van der Waals surface area (Å²) in [7, 11) is 0. The third-order valence-electron chi connectivity index (χ3n) is 4.97. The minimum Gasteiger partial charge on any atom is -0.454 e. The average Bonchev–Trinajstić information content (AvgIpc) is 2.80. The van der Waals surface area contributed by atoms with Crippen molar-refractivity contribution in [2.24, 2.45) is 0 Å². The van der Waals surface area contributed by atoms with Crippen molar-refractivity contribution in [2.75, 3.05) is 19.7 Å². The highest BCUT2D eigenvalue weighted by atomic mass is 16.5. The lowest BCUT2D eigenvalue weighted by Crippen LogP contribution is -2.36. The molecule has 3 aromatic rings. The maximum atomic E-state index is 12.3. The molecular weight excluding hydrogens is 392 g/mol. The molecule has 0 aliphatic carbocycles. The molecule has 3 aromatic carbocycles. The van der Waals surface area contributed by atoms with Gasteiger partial charge in [-0.3, -0.25) is 14.4 Å². The van der Waals surface area contributed by atoms with Crippen molar-refractivity contribution in [3.8, 4) is 0 Å². The van der Waals surface area contributed by atoms with E-state index >= 15 is 0 Å². The molecular formula is C25H26N2O4. The Morgan fingerprint density at radius 1 is 0.903 bits per heavy atom. The van der Waals surface area contributed by atoms with Crippen molar-refractivity contribution >= 4 is 28.6 Å². The number of nitrogens with zero attached hydrogens (tertiary/aromatic N) is 1. The van der Waals surface area contributed by atoms with Gasteiger partial charge in [0.2, 0.25) is 5.91 Å². The number of hydrogen-bond donors (Lipinski definition) is 1. The Balaban J connectivity index is 1.44. The molecule has 0 aliphatic rings. The lowest BCUT2D eigenvalue weighted by molar-refractivity contribution is -0.151. The average molecular weight is 418 g/mol. The van der Waals surface area contributed by atoms with Crippen LogP contribution in [0.15, 0.2) is 72.8 Å². The highest BCUT2D eigenvalue weighted by Crippen LogP contribution is 2.18. The van der Waals surface area contributed by atoms with E-state index in [0.717, 1.165) is 21.9 Å². The summed E-state index contributed by atoms with van der Waals surface area (Å²) in [6.45, 7) is 2.21. The highest BCUT2D eigenvalue weighted by Gasteiger charge is 2.15. The van der Waals surface area contributed by atoms with E-state index in [4.69, 9.17) is 4.74 Å². The number of esters is 1. The third kappa shape index (κ3) is 6.40. The second-order valence-corrected chi connectivity index (χ2v) is 7.15. The number of likely N-dealkylation sites (N-methyl/N-ethyl adjacent to an activating group) is 1. The van der Waals surface area contributed by atoms with Gasteiger partial charge in [0.05, 0.1) is 6.42 Å². The van der Waals surface area contributed by atoms with Crippen LogP contribution in [0.2, 0.25) is 0 Å². The van der Waals surface area contributed by atoms with Crippen LogP contribution in [-0.2, 0) is 32.1 Å². The Morgan fingerprint density at radius 2 is 1.61 bits per heavy atom. The molecule has 0 bridgehead atoms. The molecule has 160 valence electrons. The van der Waals surface area contributed by atoms with Gasteiger partial charge in [-0.1, -0.05) is 72.8 Å². The van der Waals surface area contributed by atoms with Crippen LogP contribution in [0.1, 0.15) is 18.1 Å². The number of hydrogen-bond acceptors (Lipinski definition) is 4. The first-order valence-corrected chi connectivity index (χ1v) is 10.3. The van der Waals surface area contributed by atoms with E-state index in [1.165, 1.54) is 0 Å². The van der Waals surface area contributed by atoms with Gasteiger partial charge in [-0.2, -0.15) is 0 Å². The topological polar surface area (TPSA) is 75.7 Å². The van der Waals surface area contributed by atoms with Gasteiger partial charge in [-0.15, -0.1) is 0 Å². The van der Waals surface area contributed by atoms with E-state index in [-0.39, 0.29) is 31.4 Å². The molecule has 0 fully saturated rings. The standard InChI is InChI=1S/C25H26N2O4/c1-2-27(17-19-9-4-3-5-10-19)24(29)18-31-25(30)16-26-23(28)15-21-13-8-12-20-11-6-7-14-22(20)21/h3-14H,2,15-18H2,1H3,(H,26,28). The van der Waals surface area contributed by atoms with E-state index in [2.05, 4.69) is 5.32 Å². The van der Waals surface area contributed by atoms with Crippen molar-refractivity contribution in [3.05, 3.63) is 83.9 Å². The molecule has 0 unspecified atom stereocenters. The summed E-state index contributed by atoms with van der Waals surface area (Å²) < 4.78 is 5.05. The second-order valence-electron chi connectivity index (χ2n) is 7.15. The van der Waals surface area contributed by atoms with Crippen LogP contribution in [0, 0.1) is 0 Å². The number of ether oxygens (including phenoxy) is 1. The first-order chi connectivity index (χ1) is 15.1. The zero-order valence-corrected chi connectivity index (χ0v) is 17.5. The Hall–Kier alpha value is -3.67. The van der Waals surface area contributed by atoms with Gasteiger partial charge in [0.15, 0.2) is 6.61 Å². The number of carbonyl (C=O) groups excluding carboxylic acids is 3. The SMILES string of the molecule is CCN(Cc1ccccc1)C(=O)COC(=O)CNC(=O)Cc1cccc2ccccc12. The predicted molar refractivity (Wildman–Crippen MR) is 119 cm³/mol. The van der Waals surface area contributed by atoms with Crippen molar-refractivity contribution in [3.63, 3.8) is 0 Å². The lowest BCUT2D eigenvalue weighted by Gasteiger charge is -2.20. The summed E-state index contributed by atoms with van der Waals surface area (Å²) in [6, 6.07) is 23.2. The molecule has 0 aromatic heterocycles. The number of carbonyl (C=O) groups is 3. The van der Waals surface area contributed by atoms with Gasteiger partial charge in [0, 0.05) is 13.1 Å². The van der Waals surface area contributed by atoms with E-state index in [1.54, 1.807) is 4.90 Å². The van der Waals surface area contributed by atoms with Crippen LogP contribution in [0.4, 0.5) is 0 Å². The number of rotatable bonds is 9. The molecule has 0 saturated heterocycles. The maximum Gasteiger partial charge on any atom is 0.325 e. The van der Waals surface area contributed by atoms with Crippen molar-refractivity contribution in [1.29, 1.82) is 0 Å². The third-order valence-corrected chi connectivity index (χ3v) is 4.97. The Morgan fingerprint density at radius 3 is 2.39 bits per heavy atom. The molecule has 31 heavy (non-hydrogen) atoms. The summed E-state index contributed by atoms with van der Waals surface area (Å²) in [6.07, 6.45) is 0.161. The molecule has 2 amide bonds. The van der Waals surface area contributed by atoms with Crippen LogP contribution < -0.4 is 5.32 Å². The summed E-state index contributed by atoms with van der Waals surface area (Å²) >= 11 is 0. The fourth-order valence-electron chi connectivity index (χ4n) is 3.32. The number of nitrogens with one attached hydrogen (secondary N) is 1. The molecule has 0 aliphatic heterocycles. The molecule has 0 spiro atoms. The highest BCUT2D eigenvalue weighted by molar-refractivity contribution is 5.91. The minimum absolute atomic E-state index is 0.161. The first kappa shape index (κ1) is 22.0. The smallest absolute Gasteiger partial charge is 0.325 e. The molecule has 3 rings (SSSR count). The van der Waals surface area contributed by atoms with Crippen LogP contribution in [0.25, 0.3) is 10.8 Å². The van der Waals surface area contributed by atoms with E-state index < -0.39 is 5.97 Å². The van der Waals surface area contributed by atoms with E-state index in [0.29, 0.717) is 13.1 Å².